The van der Waals surface area contributed by atoms with E-state index in [0.29, 0.717) is 16.7 Å². The third-order valence-corrected chi connectivity index (χ3v) is 3.33. The van der Waals surface area contributed by atoms with Crippen LogP contribution >= 0.6 is 23.8 Å². The van der Waals surface area contributed by atoms with Crippen LogP contribution in [0, 0.1) is 0 Å². The zero-order valence-corrected chi connectivity index (χ0v) is 13.2. The molecule has 0 saturated heterocycles. The summed E-state index contributed by atoms with van der Waals surface area (Å²) in [5.74, 6) is 0. The Morgan fingerprint density at radius 1 is 1.14 bits per heavy atom. The molecule has 0 fully saturated rings. The molecule has 108 valence electrons. The third kappa shape index (κ3) is 5.17. The van der Waals surface area contributed by atoms with Gasteiger partial charge in [-0.15, -0.1) is 0 Å². The molecule has 2 rings (SSSR count). The molecule has 0 unspecified atom stereocenters. The van der Waals surface area contributed by atoms with Crippen LogP contribution in [-0.4, -0.2) is 10.8 Å². The molecule has 0 heterocycles. The van der Waals surface area contributed by atoms with Gasteiger partial charge in [-0.05, 0) is 42.4 Å². The van der Waals surface area contributed by atoms with Crippen LogP contribution in [0.1, 0.15) is 18.1 Å². The summed E-state index contributed by atoms with van der Waals surface area (Å²) in [7, 11) is 0. The lowest BCUT2D eigenvalue weighted by Crippen LogP contribution is -2.32. The summed E-state index contributed by atoms with van der Waals surface area (Å²) < 4.78 is 0. The Morgan fingerprint density at radius 3 is 2.62 bits per heavy atom. The molecule has 0 radical (unpaired) electrons. The Hall–Kier alpha value is -1.91. The van der Waals surface area contributed by atoms with Crippen molar-refractivity contribution in [3.63, 3.8) is 0 Å². The van der Waals surface area contributed by atoms with Crippen LogP contribution in [0.3, 0.4) is 0 Å². The highest BCUT2D eigenvalue weighted by Gasteiger charge is 1.99. The van der Waals surface area contributed by atoms with Gasteiger partial charge in [0.25, 0.3) is 0 Å². The molecule has 0 aliphatic rings. The number of hydrazone groups is 1. The monoisotopic (exact) mass is 317 g/mol. The maximum atomic E-state index is 5.96. The molecule has 0 atom stereocenters. The van der Waals surface area contributed by atoms with Crippen molar-refractivity contribution >= 4 is 34.6 Å². The number of hydrogen-bond acceptors (Lipinski definition) is 2. The standard InChI is InChI=1S/C16H16ClN3S/c1-12(14-8-5-9-15(17)10-14)19-20-16(21)18-11-13-6-3-2-4-7-13/h2-10H,11H2,1H3,(H2,18,20,21)/b19-12+. The van der Waals surface area contributed by atoms with E-state index < -0.39 is 0 Å². The summed E-state index contributed by atoms with van der Waals surface area (Å²) >= 11 is 11.1. The van der Waals surface area contributed by atoms with Crippen molar-refractivity contribution in [2.75, 3.05) is 0 Å². The Bertz CT molecular complexity index is 641. The highest BCUT2D eigenvalue weighted by atomic mass is 35.5. The zero-order chi connectivity index (χ0) is 15.1. The van der Waals surface area contributed by atoms with Gasteiger partial charge in [0.05, 0.1) is 5.71 Å². The van der Waals surface area contributed by atoms with Crippen LogP contribution in [-0.2, 0) is 6.54 Å². The molecule has 2 N–H and O–H groups in total. The molecule has 0 saturated carbocycles. The van der Waals surface area contributed by atoms with Crippen molar-refractivity contribution in [1.82, 2.24) is 10.7 Å². The minimum atomic E-state index is 0.486. The van der Waals surface area contributed by atoms with E-state index >= 15 is 0 Å². The quantitative estimate of drug-likeness (QED) is 0.512. The van der Waals surface area contributed by atoms with Gasteiger partial charge in [-0.25, -0.2) is 0 Å². The van der Waals surface area contributed by atoms with Crippen molar-refractivity contribution in [2.45, 2.75) is 13.5 Å². The van der Waals surface area contributed by atoms with E-state index in [2.05, 4.69) is 15.8 Å². The smallest absolute Gasteiger partial charge is 0.187 e. The van der Waals surface area contributed by atoms with Crippen LogP contribution < -0.4 is 10.7 Å². The first-order valence-electron chi connectivity index (χ1n) is 6.53. The van der Waals surface area contributed by atoms with Crippen molar-refractivity contribution in [3.8, 4) is 0 Å². The van der Waals surface area contributed by atoms with Crippen LogP contribution in [0.25, 0.3) is 0 Å². The predicted molar refractivity (Wildman–Crippen MR) is 92.7 cm³/mol. The molecule has 0 aromatic heterocycles. The Morgan fingerprint density at radius 2 is 1.90 bits per heavy atom. The molecular formula is C16H16ClN3S. The first-order valence-corrected chi connectivity index (χ1v) is 7.32. The van der Waals surface area contributed by atoms with Gasteiger partial charge in [0.2, 0.25) is 0 Å². The number of nitrogens with zero attached hydrogens (tertiary/aromatic N) is 1. The average molecular weight is 318 g/mol. The van der Waals surface area contributed by atoms with Gasteiger partial charge in [-0.1, -0.05) is 54.1 Å². The predicted octanol–water partition coefficient (Wildman–Crippen LogP) is 3.73. The van der Waals surface area contributed by atoms with Gasteiger partial charge in [-0.3, -0.25) is 5.43 Å². The molecule has 0 aliphatic heterocycles. The summed E-state index contributed by atoms with van der Waals surface area (Å²) in [6.45, 7) is 2.57. The molecule has 0 aliphatic carbocycles. The maximum Gasteiger partial charge on any atom is 0.187 e. The molecular weight excluding hydrogens is 302 g/mol. The molecule has 3 nitrogen and oxygen atoms in total. The van der Waals surface area contributed by atoms with Crippen molar-refractivity contribution < 1.29 is 0 Å². The number of halogens is 1. The van der Waals surface area contributed by atoms with Crippen LogP contribution in [0.15, 0.2) is 59.7 Å². The molecule has 2 aromatic carbocycles. The van der Waals surface area contributed by atoms with E-state index in [-0.39, 0.29) is 0 Å². The van der Waals surface area contributed by atoms with Gasteiger partial charge in [0.1, 0.15) is 0 Å². The summed E-state index contributed by atoms with van der Waals surface area (Å²) in [6, 6.07) is 17.6. The van der Waals surface area contributed by atoms with E-state index in [1.165, 1.54) is 0 Å². The number of thiocarbonyl (C=S) groups is 1. The highest BCUT2D eigenvalue weighted by Crippen LogP contribution is 2.11. The number of rotatable bonds is 4. The topological polar surface area (TPSA) is 36.4 Å². The fourth-order valence-electron chi connectivity index (χ4n) is 1.73. The van der Waals surface area contributed by atoms with E-state index in [1.54, 1.807) is 0 Å². The van der Waals surface area contributed by atoms with Gasteiger partial charge in [0, 0.05) is 11.6 Å². The Labute approximate surface area is 135 Å². The fraction of sp³-hybridized carbons (Fsp3) is 0.125. The summed E-state index contributed by atoms with van der Waals surface area (Å²) in [4.78, 5) is 0. The van der Waals surface area contributed by atoms with Gasteiger partial charge in [0.15, 0.2) is 5.11 Å². The summed E-state index contributed by atoms with van der Waals surface area (Å²) in [5, 5.41) is 8.53. The molecule has 21 heavy (non-hydrogen) atoms. The van der Waals surface area contributed by atoms with Crippen molar-refractivity contribution in [1.29, 1.82) is 0 Å². The number of hydrogen-bond donors (Lipinski definition) is 2. The van der Waals surface area contributed by atoms with Crippen molar-refractivity contribution in [3.05, 3.63) is 70.7 Å². The van der Waals surface area contributed by atoms with E-state index in [4.69, 9.17) is 23.8 Å². The lowest BCUT2D eigenvalue weighted by Gasteiger charge is -2.08. The Kier molecular flexibility index (Phi) is 5.72. The maximum absolute atomic E-state index is 5.96. The second kappa shape index (κ2) is 7.76. The lowest BCUT2D eigenvalue weighted by atomic mass is 10.1. The molecule has 0 bridgehead atoms. The number of nitrogens with one attached hydrogen (secondary N) is 2. The Balaban J connectivity index is 1.87. The highest BCUT2D eigenvalue weighted by molar-refractivity contribution is 7.80. The lowest BCUT2D eigenvalue weighted by molar-refractivity contribution is 0.866. The second-order valence-corrected chi connectivity index (χ2v) is 5.33. The SMILES string of the molecule is C/C(=N\NC(=S)NCc1ccccc1)c1cccc(Cl)c1. The van der Waals surface area contributed by atoms with E-state index in [9.17, 15) is 0 Å². The average Bonchev–Trinajstić information content (AvgIpc) is 2.51. The number of benzene rings is 2. The summed E-state index contributed by atoms with van der Waals surface area (Å²) in [5.41, 5.74) is 5.78. The molecule has 0 amide bonds. The van der Waals surface area contributed by atoms with Crippen LogP contribution in [0.2, 0.25) is 5.02 Å². The first-order chi connectivity index (χ1) is 10.1. The van der Waals surface area contributed by atoms with Crippen LogP contribution in [0.5, 0.6) is 0 Å². The van der Waals surface area contributed by atoms with Gasteiger partial charge < -0.3 is 5.32 Å². The summed E-state index contributed by atoms with van der Waals surface area (Å²) in [6.07, 6.45) is 0. The van der Waals surface area contributed by atoms with Crippen molar-refractivity contribution in [2.24, 2.45) is 5.10 Å². The van der Waals surface area contributed by atoms with Gasteiger partial charge >= 0.3 is 0 Å². The van der Waals surface area contributed by atoms with E-state index in [1.807, 2.05) is 61.5 Å². The zero-order valence-electron chi connectivity index (χ0n) is 11.6. The normalized spacial score (nSPS) is 11.0. The first kappa shape index (κ1) is 15.5. The van der Waals surface area contributed by atoms with Crippen LogP contribution in [0.4, 0.5) is 0 Å². The van der Waals surface area contributed by atoms with Gasteiger partial charge in [-0.2, -0.15) is 5.10 Å². The third-order valence-electron chi connectivity index (χ3n) is 2.86. The van der Waals surface area contributed by atoms with E-state index in [0.717, 1.165) is 16.8 Å². The molecule has 0 spiro atoms. The largest absolute Gasteiger partial charge is 0.357 e. The molecule has 2 aromatic rings. The minimum absolute atomic E-state index is 0.486. The minimum Gasteiger partial charge on any atom is -0.357 e. The fourth-order valence-corrected chi connectivity index (χ4v) is 2.04. The second-order valence-electron chi connectivity index (χ2n) is 4.49. The molecule has 5 heteroatoms.